The lowest BCUT2D eigenvalue weighted by molar-refractivity contribution is 0.310. The van der Waals surface area contributed by atoms with Gasteiger partial charge in [0.1, 0.15) is 5.15 Å². The molecule has 0 aliphatic heterocycles. The predicted molar refractivity (Wildman–Crippen MR) is 70.2 cm³/mol. The minimum Gasteiger partial charge on any atom is -0.413 e. The van der Waals surface area contributed by atoms with Crippen LogP contribution in [0.25, 0.3) is 0 Å². The molecule has 1 rings (SSSR count). The molecule has 0 aliphatic rings. The van der Waals surface area contributed by atoms with Crippen molar-refractivity contribution in [2.45, 2.75) is 45.9 Å². The van der Waals surface area contributed by atoms with Crippen molar-refractivity contribution in [2.24, 2.45) is 0 Å². The van der Waals surface area contributed by atoms with Gasteiger partial charge in [0.2, 0.25) is 9.04 Å². The highest BCUT2D eigenvalue weighted by Crippen LogP contribution is 2.31. The number of pyridine rings is 1. The van der Waals surface area contributed by atoms with Crippen molar-refractivity contribution in [2.75, 3.05) is 0 Å². The van der Waals surface area contributed by atoms with Crippen molar-refractivity contribution in [1.29, 1.82) is 0 Å². The lowest BCUT2D eigenvalue weighted by Crippen LogP contribution is -2.17. The second-order valence-electron chi connectivity index (χ2n) is 5.08. The number of hydrogen-bond acceptors (Lipinski definition) is 2. The SMILES string of the molecule is C[Si](C)OCc1ccnc(Cl)c1C(C)(C)C. The Labute approximate surface area is 105 Å². The molecule has 0 unspecified atom stereocenters. The fourth-order valence-corrected chi connectivity index (χ4v) is 2.51. The highest BCUT2D eigenvalue weighted by molar-refractivity contribution is 6.48. The Hall–Kier alpha value is -0.383. The van der Waals surface area contributed by atoms with Crippen molar-refractivity contribution in [3.8, 4) is 0 Å². The van der Waals surface area contributed by atoms with E-state index in [9.17, 15) is 0 Å². The standard InChI is InChI=1S/C12H19ClNOSi/c1-12(2,3)10-9(8-15-16(4)5)6-7-14-11(10)13/h6-7H,8H2,1-5H3. The summed E-state index contributed by atoms with van der Waals surface area (Å²) in [4.78, 5) is 4.15. The first-order chi connectivity index (χ1) is 7.32. The third kappa shape index (κ3) is 3.58. The minimum absolute atomic E-state index is 0.00156. The quantitative estimate of drug-likeness (QED) is 0.606. The van der Waals surface area contributed by atoms with E-state index in [4.69, 9.17) is 16.0 Å². The van der Waals surface area contributed by atoms with Gasteiger partial charge in [-0.2, -0.15) is 0 Å². The Bertz CT molecular complexity index is 361. The van der Waals surface area contributed by atoms with Crippen molar-refractivity contribution < 1.29 is 4.43 Å². The molecular formula is C12H19ClNOSi. The van der Waals surface area contributed by atoms with E-state index in [1.165, 1.54) is 0 Å². The van der Waals surface area contributed by atoms with Crippen LogP contribution in [0, 0.1) is 0 Å². The summed E-state index contributed by atoms with van der Waals surface area (Å²) in [7, 11) is -0.670. The van der Waals surface area contributed by atoms with Gasteiger partial charge in [0.15, 0.2) is 0 Å². The Morgan fingerprint density at radius 2 is 2.00 bits per heavy atom. The fourth-order valence-electron chi connectivity index (χ4n) is 1.61. The van der Waals surface area contributed by atoms with E-state index >= 15 is 0 Å². The molecule has 0 amide bonds. The number of nitrogens with zero attached hydrogens (tertiary/aromatic N) is 1. The normalized spacial score (nSPS) is 12.2. The van der Waals surface area contributed by atoms with Gasteiger partial charge in [-0.1, -0.05) is 32.4 Å². The van der Waals surface area contributed by atoms with Gasteiger partial charge in [0, 0.05) is 11.8 Å². The highest BCUT2D eigenvalue weighted by Gasteiger charge is 2.22. The van der Waals surface area contributed by atoms with Gasteiger partial charge in [-0.25, -0.2) is 4.98 Å². The van der Waals surface area contributed by atoms with E-state index < -0.39 is 9.04 Å². The Kier molecular flexibility index (Phi) is 4.53. The van der Waals surface area contributed by atoms with Gasteiger partial charge in [-0.15, -0.1) is 0 Å². The van der Waals surface area contributed by atoms with Crippen LogP contribution in [0.2, 0.25) is 18.2 Å². The summed E-state index contributed by atoms with van der Waals surface area (Å²) in [6.07, 6.45) is 1.74. The maximum absolute atomic E-state index is 6.17. The van der Waals surface area contributed by atoms with Crippen LogP contribution in [-0.2, 0) is 16.4 Å². The Morgan fingerprint density at radius 3 is 2.50 bits per heavy atom. The highest BCUT2D eigenvalue weighted by atomic mass is 35.5. The summed E-state index contributed by atoms with van der Waals surface area (Å²) in [6.45, 7) is 11.3. The van der Waals surface area contributed by atoms with E-state index in [-0.39, 0.29) is 5.41 Å². The lowest BCUT2D eigenvalue weighted by atomic mass is 9.85. The first-order valence-electron chi connectivity index (χ1n) is 5.39. The van der Waals surface area contributed by atoms with Crippen LogP contribution in [0.4, 0.5) is 0 Å². The third-order valence-corrected chi connectivity index (χ3v) is 3.27. The summed E-state index contributed by atoms with van der Waals surface area (Å²) in [5.74, 6) is 0. The Balaban J connectivity index is 3.04. The van der Waals surface area contributed by atoms with Gasteiger partial charge in [-0.05, 0) is 30.1 Å². The molecule has 1 heterocycles. The van der Waals surface area contributed by atoms with Gasteiger partial charge >= 0.3 is 0 Å². The molecule has 0 aliphatic carbocycles. The first kappa shape index (κ1) is 13.7. The van der Waals surface area contributed by atoms with Crippen LogP contribution in [-0.4, -0.2) is 14.0 Å². The van der Waals surface area contributed by atoms with E-state index in [2.05, 4.69) is 38.8 Å². The Morgan fingerprint density at radius 1 is 1.38 bits per heavy atom. The average Bonchev–Trinajstić information content (AvgIpc) is 2.12. The van der Waals surface area contributed by atoms with E-state index in [0.717, 1.165) is 11.1 Å². The van der Waals surface area contributed by atoms with E-state index in [1.807, 2.05) is 6.07 Å². The summed E-state index contributed by atoms with van der Waals surface area (Å²) in [6, 6.07) is 2.00. The smallest absolute Gasteiger partial charge is 0.205 e. The molecule has 0 atom stereocenters. The topological polar surface area (TPSA) is 22.1 Å². The van der Waals surface area contributed by atoms with Crippen molar-refractivity contribution in [3.63, 3.8) is 0 Å². The molecule has 0 aromatic carbocycles. The lowest BCUT2D eigenvalue weighted by Gasteiger charge is -2.24. The molecule has 0 spiro atoms. The van der Waals surface area contributed by atoms with Crippen LogP contribution in [0.5, 0.6) is 0 Å². The van der Waals surface area contributed by atoms with Gasteiger partial charge in [0.05, 0.1) is 6.61 Å². The largest absolute Gasteiger partial charge is 0.413 e. The number of aromatic nitrogens is 1. The second kappa shape index (κ2) is 5.30. The third-order valence-electron chi connectivity index (χ3n) is 2.26. The molecular weight excluding hydrogens is 238 g/mol. The summed E-state index contributed by atoms with van der Waals surface area (Å²) < 4.78 is 5.73. The molecule has 1 aromatic rings. The van der Waals surface area contributed by atoms with Crippen molar-refractivity contribution in [3.05, 3.63) is 28.5 Å². The molecule has 4 heteroatoms. The van der Waals surface area contributed by atoms with Gasteiger partial charge in [0.25, 0.3) is 0 Å². The molecule has 0 bridgehead atoms. The predicted octanol–water partition coefficient (Wildman–Crippen LogP) is 3.80. The first-order valence-corrected chi connectivity index (χ1v) is 8.18. The molecule has 0 fully saturated rings. The maximum Gasteiger partial charge on any atom is 0.205 e. The number of halogens is 1. The van der Waals surface area contributed by atoms with Crippen LogP contribution in [0.15, 0.2) is 12.3 Å². The van der Waals surface area contributed by atoms with Crippen LogP contribution >= 0.6 is 11.6 Å². The van der Waals surface area contributed by atoms with Crippen LogP contribution < -0.4 is 0 Å². The van der Waals surface area contributed by atoms with Crippen LogP contribution in [0.1, 0.15) is 31.9 Å². The monoisotopic (exact) mass is 256 g/mol. The fraction of sp³-hybridized carbons (Fsp3) is 0.583. The second-order valence-corrected chi connectivity index (χ2v) is 7.55. The zero-order valence-electron chi connectivity index (χ0n) is 10.6. The molecule has 1 aromatic heterocycles. The van der Waals surface area contributed by atoms with E-state index in [1.54, 1.807) is 6.20 Å². The molecule has 2 nitrogen and oxygen atoms in total. The molecule has 0 N–H and O–H groups in total. The van der Waals surface area contributed by atoms with E-state index in [0.29, 0.717) is 11.8 Å². The minimum atomic E-state index is -0.670. The van der Waals surface area contributed by atoms with Crippen molar-refractivity contribution in [1.82, 2.24) is 4.98 Å². The molecule has 0 saturated heterocycles. The molecule has 89 valence electrons. The molecule has 16 heavy (non-hydrogen) atoms. The zero-order valence-corrected chi connectivity index (χ0v) is 12.4. The average molecular weight is 257 g/mol. The maximum atomic E-state index is 6.17. The zero-order chi connectivity index (χ0) is 12.3. The molecule has 0 saturated carbocycles. The van der Waals surface area contributed by atoms with Crippen LogP contribution in [0.3, 0.4) is 0 Å². The summed E-state index contributed by atoms with van der Waals surface area (Å²) in [5, 5.41) is 0.592. The van der Waals surface area contributed by atoms with Crippen molar-refractivity contribution >= 4 is 20.6 Å². The van der Waals surface area contributed by atoms with Gasteiger partial charge in [-0.3, -0.25) is 0 Å². The van der Waals surface area contributed by atoms with Gasteiger partial charge < -0.3 is 4.43 Å². The summed E-state index contributed by atoms with van der Waals surface area (Å²) in [5.41, 5.74) is 2.25. The molecule has 1 radical (unpaired) electrons. The number of hydrogen-bond donors (Lipinski definition) is 0. The summed E-state index contributed by atoms with van der Waals surface area (Å²) >= 11 is 6.17. The number of rotatable bonds is 3.